The average Bonchev–Trinajstić information content (AvgIpc) is 3.20. The van der Waals surface area contributed by atoms with Crippen LogP contribution in [-0.4, -0.2) is 40.6 Å². The van der Waals surface area contributed by atoms with Crippen LogP contribution in [0.3, 0.4) is 0 Å². The van der Waals surface area contributed by atoms with Crippen LogP contribution >= 0.6 is 0 Å². The topological polar surface area (TPSA) is 62.7 Å². The number of amides is 2. The maximum atomic E-state index is 13.2. The summed E-state index contributed by atoms with van der Waals surface area (Å²) >= 11 is 0. The highest BCUT2D eigenvalue weighted by atomic mass is 16.6. The second-order valence-electron chi connectivity index (χ2n) is 8.57. The number of hydrogen-bond donors (Lipinski definition) is 0. The largest absolute Gasteiger partial charge is 0.443 e. The summed E-state index contributed by atoms with van der Waals surface area (Å²) in [5.74, 6) is 0.582. The Labute approximate surface area is 178 Å². The van der Waals surface area contributed by atoms with Gasteiger partial charge in [-0.05, 0) is 58.2 Å². The van der Waals surface area contributed by atoms with Gasteiger partial charge in [0.1, 0.15) is 11.4 Å². The maximum Gasteiger partial charge on any atom is 0.416 e. The van der Waals surface area contributed by atoms with Crippen LogP contribution in [0.2, 0.25) is 0 Å². The molecule has 1 aromatic carbocycles. The van der Waals surface area contributed by atoms with Gasteiger partial charge in [0.05, 0.1) is 6.04 Å². The molecule has 2 amide bonds. The molecule has 2 heterocycles. The van der Waals surface area contributed by atoms with Crippen LogP contribution in [0, 0.1) is 0 Å². The number of benzene rings is 1. The second kappa shape index (κ2) is 9.28. The summed E-state index contributed by atoms with van der Waals surface area (Å²) in [4.78, 5) is 34.1. The molecule has 0 spiro atoms. The summed E-state index contributed by atoms with van der Waals surface area (Å²) in [5.41, 5.74) is 0.965. The number of nitrogens with zero attached hydrogens (tertiary/aromatic N) is 3. The Morgan fingerprint density at radius 1 is 1.17 bits per heavy atom. The molecule has 1 saturated heterocycles. The highest BCUT2D eigenvalue weighted by molar-refractivity contribution is 5.95. The number of rotatable bonds is 5. The minimum Gasteiger partial charge on any atom is -0.443 e. The lowest BCUT2D eigenvalue weighted by Crippen LogP contribution is -2.39. The van der Waals surface area contributed by atoms with Crippen LogP contribution in [0.5, 0.6) is 0 Å². The Bertz CT molecular complexity index is 877. The van der Waals surface area contributed by atoms with E-state index in [1.54, 1.807) is 11.1 Å². The van der Waals surface area contributed by atoms with E-state index < -0.39 is 11.7 Å². The first-order valence-corrected chi connectivity index (χ1v) is 10.6. The summed E-state index contributed by atoms with van der Waals surface area (Å²) in [6.07, 6.45) is 3.79. The third-order valence-electron chi connectivity index (χ3n) is 5.03. The number of hydrogen-bond acceptors (Lipinski definition) is 4. The van der Waals surface area contributed by atoms with Crippen molar-refractivity contribution in [2.45, 2.75) is 58.6 Å². The molecule has 0 unspecified atom stereocenters. The summed E-state index contributed by atoms with van der Waals surface area (Å²) in [5, 5.41) is 0. The van der Waals surface area contributed by atoms with Gasteiger partial charge in [-0.15, -0.1) is 0 Å². The normalized spacial score (nSPS) is 16.4. The molecule has 1 aliphatic heterocycles. The van der Waals surface area contributed by atoms with Gasteiger partial charge in [-0.3, -0.25) is 9.69 Å². The summed E-state index contributed by atoms with van der Waals surface area (Å²) in [7, 11) is 0. The Hall–Kier alpha value is -2.89. The maximum absolute atomic E-state index is 13.2. The lowest BCUT2D eigenvalue weighted by atomic mass is 10.0. The fraction of sp³-hybridized carbons (Fsp3) is 0.458. The van der Waals surface area contributed by atoms with Crippen LogP contribution < -0.4 is 4.90 Å². The molecule has 1 fully saturated rings. The Morgan fingerprint density at radius 3 is 2.57 bits per heavy atom. The molecule has 0 N–H and O–H groups in total. The number of aromatic nitrogens is 1. The molecule has 1 atom stereocenters. The lowest BCUT2D eigenvalue weighted by molar-refractivity contribution is 0.0578. The Kier molecular flexibility index (Phi) is 6.75. The molecule has 0 bridgehead atoms. The van der Waals surface area contributed by atoms with Gasteiger partial charge in [-0.1, -0.05) is 31.2 Å². The van der Waals surface area contributed by atoms with E-state index in [9.17, 15) is 9.59 Å². The molecule has 6 nitrogen and oxygen atoms in total. The minimum absolute atomic E-state index is 0.00668. The standard InChI is InChI=1S/C24H31N3O3/c1-5-16-27(23(29)30-24(2,3)4)21-19(13-9-15-25-21)20-14-10-17-26(20)22(28)18-11-7-6-8-12-18/h6-9,11-13,15,20H,5,10,14,16-17H2,1-4H3/t20-/m1/s1. The van der Waals surface area contributed by atoms with E-state index in [-0.39, 0.29) is 11.9 Å². The number of ether oxygens (including phenoxy) is 1. The molecule has 0 saturated carbocycles. The smallest absolute Gasteiger partial charge is 0.416 e. The first-order chi connectivity index (χ1) is 14.3. The Balaban J connectivity index is 1.94. The molecule has 1 aromatic heterocycles. The first kappa shape index (κ1) is 21.8. The molecule has 0 radical (unpaired) electrons. The van der Waals surface area contributed by atoms with Crippen molar-refractivity contribution < 1.29 is 14.3 Å². The van der Waals surface area contributed by atoms with E-state index in [2.05, 4.69) is 4.98 Å². The summed E-state index contributed by atoms with van der Waals surface area (Å²) in [6, 6.07) is 13.0. The average molecular weight is 410 g/mol. The highest BCUT2D eigenvalue weighted by Gasteiger charge is 2.35. The summed E-state index contributed by atoms with van der Waals surface area (Å²) < 4.78 is 5.63. The number of carbonyl (C=O) groups is 2. The van der Waals surface area contributed by atoms with Gasteiger partial charge >= 0.3 is 6.09 Å². The van der Waals surface area contributed by atoms with E-state index in [4.69, 9.17) is 4.74 Å². The molecule has 30 heavy (non-hydrogen) atoms. The zero-order chi connectivity index (χ0) is 21.7. The van der Waals surface area contributed by atoms with Crippen molar-refractivity contribution in [3.8, 4) is 0 Å². The predicted molar refractivity (Wildman–Crippen MR) is 118 cm³/mol. The SMILES string of the molecule is CCCN(C(=O)OC(C)(C)C)c1ncccc1[C@H]1CCCN1C(=O)c1ccccc1. The molecular weight excluding hydrogens is 378 g/mol. The van der Waals surface area contributed by atoms with E-state index in [0.29, 0.717) is 24.5 Å². The quantitative estimate of drug-likeness (QED) is 0.680. The second-order valence-corrected chi connectivity index (χ2v) is 8.57. The van der Waals surface area contributed by atoms with Crippen LogP contribution in [0.25, 0.3) is 0 Å². The van der Waals surface area contributed by atoms with Gasteiger partial charge in [0.15, 0.2) is 0 Å². The molecular formula is C24H31N3O3. The Morgan fingerprint density at radius 2 is 1.90 bits per heavy atom. The van der Waals surface area contributed by atoms with E-state index in [1.807, 2.05) is 75.1 Å². The zero-order valence-corrected chi connectivity index (χ0v) is 18.3. The predicted octanol–water partition coefficient (Wildman–Crippen LogP) is 5.21. The van der Waals surface area contributed by atoms with Crippen molar-refractivity contribution >= 4 is 17.8 Å². The van der Waals surface area contributed by atoms with Crippen molar-refractivity contribution in [2.75, 3.05) is 18.0 Å². The third-order valence-corrected chi connectivity index (χ3v) is 5.03. The van der Waals surface area contributed by atoms with Gasteiger partial charge in [0.2, 0.25) is 0 Å². The van der Waals surface area contributed by atoms with E-state index in [0.717, 1.165) is 24.8 Å². The monoisotopic (exact) mass is 409 g/mol. The van der Waals surface area contributed by atoms with Gasteiger partial charge in [-0.2, -0.15) is 0 Å². The number of likely N-dealkylation sites (tertiary alicyclic amines) is 1. The van der Waals surface area contributed by atoms with E-state index in [1.165, 1.54) is 0 Å². The van der Waals surface area contributed by atoms with Crippen LogP contribution in [0.4, 0.5) is 10.6 Å². The van der Waals surface area contributed by atoms with Crippen molar-refractivity contribution in [3.05, 3.63) is 59.8 Å². The number of anilines is 1. The fourth-order valence-corrected chi connectivity index (χ4v) is 3.80. The van der Waals surface area contributed by atoms with Crippen molar-refractivity contribution in [2.24, 2.45) is 0 Å². The van der Waals surface area contributed by atoms with Gasteiger partial charge in [-0.25, -0.2) is 9.78 Å². The van der Waals surface area contributed by atoms with Crippen molar-refractivity contribution in [1.82, 2.24) is 9.88 Å². The highest BCUT2D eigenvalue weighted by Crippen LogP contribution is 2.37. The zero-order valence-electron chi connectivity index (χ0n) is 18.3. The van der Waals surface area contributed by atoms with Crippen molar-refractivity contribution in [3.63, 3.8) is 0 Å². The molecule has 6 heteroatoms. The fourth-order valence-electron chi connectivity index (χ4n) is 3.80. The van der Waals surface area contributed by atoms with Crippen molar-refractivity contribution in [1.29, 1.82) is 0 Å². The summed E-state index contributed by atoms with van der Waals surface area (Å²) in [6.45, 7) is 8.76. The van der Waals surface area contributed by atoms with Gasteiger partial charge in [0, 0.05) is 30.4 Å². The number of carbonyl (C=O) groups excluding carboxylic acids is 2. The lowest BCUT2D eigenvalue weighted by Gasteiger charge is -2.31. The molecule has 0 aliphatic carbocycles. The van der Waals surface area contributed by atoms with Crippen LogP contribution in [0.15, 0.2) is 48.7 Å². The molecule has 1 aliphatic rings. The van der Waals surface area contributed by atoms with Crippen LogP contribution in [-0.2, 0) is 4.74 Å². The first-order valence-electron chi connectivity index (χ1n) is 10.6. The van der Waals surface area contributed by atoms with Crippen LogP contribution in [0.1, 0.15) is 68.9 Å². The van der Waals surface area contributed by atoms with Gasteiger partial charge < -0.3 is 9.64 Å². The van der Waals surface area contributed by atoms with Gasteiger partial charge in [0.25, 0.3) is 5.91 Å². The third kappa shape index (κ3) is 4.99. The number of pyridine rings is 1. The minimum atomic E-state index is -0.597. The molecule has 160 valence electrons. The molecule has 3 rings (SSSR count). The van der Waals surface area contributed by atoms with E-state index >= 15 is 0 Å². The molecule has 2 aromatic rings.